The lowest BCUT2D eigenvalue weighted by molar-refractivity contribution is 1.49. The van der Waals surface area contributed by atoms with Gasteiger partial charge in [-0.3, -0.25) is 0 Å². The lowest BCUT2D eigenvalue weighted by atomic mass is 9.96. The van der Waals surface area contributed by atoms with Crippen molar-refractivity contribution >= 4 is 33.4 Å². The minimum absolute atomic E-state index is 0.733. The number of rotatable bonds is 1. The topological polar surface area (TPSA) is 12.9 Å². The van der Waals surface area contributed by atoms with Gasteiger partial charge in [-0.05, 0) is 29.8 Å². The summed E-state index contributed by atoms with van der Waals surface area (Å²) in [5.41, 5.74) is 4.35. The summed E-state index contributed by atoms with van der Waals surface area (Å²) < 4.78 is 0. The van der Waals surface area contributed by atoms with E-state index in [2.05, 4.69) is 36.4 Å². The van der Waals surface area contributed by atoms with Crippen LogP contribution in [0, 0.1) is 0 Å². The second-order valence-electron chi connectivity index (χ2n) is 5.03. The van der Waals surface area contributed by atoms with E-state index in [1.807, 2.05) is 36.4 Å². The molecule has 0 saturated carbocycles. The molecule has 0 spiro atoms. The number of aromatic nitrogens is 1. The van der Waals surface area contributed by atoms with Gasteiger partial charge in [0.1, 0.15) is 0 Å². The van der Waals surface area contributed by atoms with E-state index < -0.39 is 0 Å². The Balaban J connectivity index is 2.24. The molecular weight excluding hydrogens is 278 g/mol. The Labute approximate surface area is 127 Å². The summed E-state index contributed by atoms with van der Waals surface area (Å²) in [5, 5.41) is 2.97. The quantitative estimate of drug-likeness (QED) is 0.409. The van der Waals surface area contributed by atoms with Gasteiger partial charge in [0.15, 0.2) is 0 Å². The molecule has 0 fully saturated rings. The van der Waals surface area contributed by atoms with Crippen molar-refractivity contribution < 1.29 is 0 Å². The highest BCUT2D eigenvalue weighted by Crippen LogP contribution is 2.35. The molecule has 1 heterocycles. The molecule has 0 saturated heterocycles. The molecule has 100 valence electrons. The zero-order valence-electron chi connectivity index (χ0n) is 11.3. The van der Waals surface area contributed by atoms with Crippen molar-refractivity contribution in [1.29, 1.82) is 0 Å². The number of fused-ring (bicyclic) bond motifs is 2. The van der Waals surface area contributed by atoms with E-state index in [0.717, 1.165) is 26.8 Å². The average Bonchev–Trinajstić information content (AvgIpc) is 2.53. The van der Waals surface area contributed by atoms with Crippen LogP contribution in [0.5, 0.6) is 0 Å². The minimum atomic E-state index is 0.733. The highest BCUT2D eigenvalue weighted by molar-refractivity contribution is 6.31. The van der Waals surface area contributed by atoms with E-state index in [-0.39, 0.29) is 0 Å². The molecule has 3 aromatic carbocycles. The molecule has 4 aromatic rings. The Morgan fingerprint density at radius 2 is 1.38 bits per heavy atom. The molecule has 0 unspecified atom stereocenters. The molecule has 0 bridgehead atoms. The maximum atomic E-state index is 6.20. The second-order valence-corrected chi connectivity index (χ2v) is 5.47. The van der Waals surface area contributed by atoms with Crippen LogP contribution >= 0.6 is 11.6 Å². The van der Waals surface area contributed by atoms with Crippen molar-refractivity contribution in [3.05, 3.63) is 77.8 Å². The number of hydrogen-bond donors (Lipinski definition) is 0. The normalized spacial score (nSPS) is 11.1. The third-order valence-electron chi connectivity index (χ3n) is 3.70. The van der Waals surface area contributed by atoms with Crippen LogP contribution in [-0.4, -0.2) is 4.98 Å². The summed E-state index contributed by atoms with van der Waals surface area (Å²) in [6.07, 6.45) is 0. The molecule has 21 heavy (non-hydrogen) atoms. The fraction of sp³-hybridized carbons (Fsp3) is 0. The maximum absolute atomic E-state index is 6.20. The molecule has 0 aliphatic rings. The third kappa shape index (κ3) is 2.07. The zero-order valence-corrected chi connectivity index (χ0v) is 12.0. The van der Waals surface area contributed by atoms with Crippen LogP contribution in [-0.2, 0) is 0 Å². The molecule has 0 aliphatic carbocycles. The van der Waals surface area contributed by atoms with Crippen molar-refractivity contribution in [2.45, 2.75) is 0 Å². The van der Waals surface area contributed by atoms with E-state index in [4.69, 9.17) is 16.6 Å². The molecule has 1 aromatic heterocycles. The first-order valence-corrected chi connectivity index (χ1v) is 7.24. The molecule has 0 aliphatic heterocycles. The molecule has 0 N–H and O–H groups in total. The van der Waals surface area contributed by atoms with Gasteiger partial charge < -0.3 is 0 Å². The Hall–Kier alpha value is -2.38. The van der Waals surface area contributed by atoms with Crippen molar-refractivity contribution in [3.63, 3.8) is 0 Å². The lowest BCUT2D eigenvalue weighted by Crippen LogP contribution is -1.88. The SMILES string of the molecule is Clc1ccc2nc3ccccc3c(-c3ccccc3)c2c1. The van der Waals surface area contributed by atoms with E-state index in [1.54, 1.807) is 0 Å². The zero-order chi connectivity index (χ0) is 14.2. The van der Waals surface area contributed by atoms with Gasteiger partial charge in [-0.15, -0.1) is 0 Å². The van der Waals surface area contributed by atoms with Gasteiger partial charge in [-0.1, -0.05) is 60.1 Å². The van der Waals surface area contributed by atoms with Gasteiger partial charge in [0.05, 0.1) is 11.0 Å². The van der Waals surface area contributed by atoms with E-state index in [9.17, 15) is 0 Å². The van der Waals surface area contributed by atoms with Crippen molar-refractivity contribution in [2.75, 3.05) is 0 Å². The van der Waals surface area contributed by atoms with Crippen LogP contribution in [0.3, 0.4) is 0 Å². The third-order valence-corrected chi connectivity index (χ3v) is 3.94. The predicted octanol–water partition coefficient (Wildman–Crippen LogP) is 5.71. The number of hydrogen-bond acceptors (Lipinski definition) is 1. The summed E-state index contributed by atoms with van der Waals surface area (Å²) in [5.74, 6) is 0. The van der Waals surface area contributed by atoms with Gasteiger partial charge in [0.2, 0.25) is 0 Å². The standard InChI is InChI=1S/C19H12ClN/c20-14-10-11-18-16(12-14)19(13-6-2-1-3-7-13)15-8-4-5-9-17(15)21-18/h1-12H. The van der Waals surface area contributed by atoms with Crippen molar-refractivity contribution in [2.24, 2.45) is 0 Å². The monoisotopic (exact) mass is 289 g/mol. The van der Waals surface area contributed by atoms with Crippen LogP contribution < -0.4 is 0 Å². The van der Waals surface area contributed by atoms with Crippen LogP contribution in [0.4, 0.5) is 0 Å². The van der Waals surface area contributed by atoms with Gasteiger partial charge in [0.25, 0.3) is 0 Å². The highest BCUT2D eigenvalue weighted by Gasteiger charge is 2.10. The van der Waals surface area contributed by atoms with E-state index in [1.165, 1.54) is 11.1 Å². The molecule has 0 atom stereocenters. The molecule has 0 amide bonds. The van der Waals surface area contributed by atoms with Crippen LogP contribution in [0.25, 0.3) is 32.9 Å². The number of benzene rings is 3. The fourth-order valence-electron chi connectivity index (χ4n) is 2.78. The fourth-order valence-corrected chi connectivity index (χ4v) is 2.95. The van der Waals surface area contributed by atoms with Crippen molar-refractivity contribution in [1.82, 2.24) is 4.98 Å². The highest BCUT2D eigenvalue weighted by atomic mass is 35.5. The molecule has 4 rings (SSSR count). The Morgan fingerprint density at radius 3 is 2.24 bits per heavy atom. The molecular formula is C19H12ClN. The number of para-hydroxylation sites is 1. The summed E-state index contributed by atoms with van der Waals surface area (Å²) in [7, 11) is 0. The van der Waals surface area contributed by atoms with Gasteiger partial charge in [-0.25, -0.2) is 4.98 Å². The largest absolute Gasteiger partial charge is 0.248 e. The molecule has 0 radical (unpaired) electrons. The first-order valence-electron chi connectivity index (χ1n) is 6.86. The molecule has 1 nitrogen and oxygen atoms in total. The number of nitrogens with zero attached hydrogens (tertiary/aromatic N) is 1. The first kappa shape index (κ1) is 12.4. The summed E-state index contributed by atoms with van der Waals surface area (Å²) in [4.78, 5) is 4.75. The second kappa shape index (κ2) is 4.87. The predicted molar refractivity (Wildman–Crippen MR) is 89.7 cm³/mol. The van der Waals surface area contributed by atoms with E-state index >= 15 is 0 Å². The van der Waals surface area contributed by atoms with Crippen LogP contribution in [0.1, 0.15) is 0 Å². The Kier molecular flexibility index (Phi) is 2.87. The van der Waals surface area contributed by atoms with E-state index in [0.29, 0.717) is 0 Å². The van der Waals surface area contributed by atoms with Gasteiger partial charge in [0, 0.05) is 21.4 Å². The van der Waals surface area contributed by atoms with Crippen molar-refractivity contribution in [3.8, 4) is 11.1 Å². The Bertz CT molecular complexity index is 945. The minimum Gasteiger partial charge on any atom is -0.248 e. The number of pyridine rings is 1. The van der Waals surface area contributed by atoms with Crippen LogP contribution in [0.15, 0.2) is 72.8 Å². The summed E-state index contributed by atoms with van der Waals surface area (Å²) in [6, 6.07) is 24.5. The maximum Gasteiger partial charge on any atom is 0.0717 e. The summed E-state index contributed by atoms with van der Waals surface area (Å²) in [6.45, 7) is 0. The Morgan fingerprint density at radius 1 is 0.667 bits per heavy atom. The summed E-state index contributed by atoms with van der Waals surface area (Å²) >= 11 is 6.20. The average molecular weight is 290 g/mol. The van der Waals surface area contributed by atoms with Crippen LogP contribution in [0.2, 0.25) is 5.02 Å². The van der Waals surface area contributed by atoms with Gasteiger partial charge in [-0.2, -0.15) is 0 Å². The number of halogens is 1. The smallest absolute Gasteiger partial charge is 0.0717 e. The lowest BCUT2D eigenvalue weighted by Gasteiger charge is -2.11. The molecule has 2 heteroatoms. The first-order chi connectivity index (χ1) is 10.3. The van der Waals surface area contributed by atoms with Gasteiger partial charge >= 0.3 is 0 Å².